The van der Waals surface area contributed by atoms with Crippen molar-refractivity contribution in [1.29, 1.82) is 0 Å². The first-order chi connectivity index (χ1) is 12.3. The van der Waals surface area contributed by atoms with Gasteiger partial charge in [-0.05, 0) is 24.7 Å². The van der Waals surface area contributed by atoms with Crippen LogP contribution in [0.15, 0.2) is 0 Å². The van der Waals surface area contributed by atoms with E-state index in [0.717, 1.165) is 31.6 Å². The molecule has 7 heteroatoms. The van der Waals surface area contributed by atoms with Crippen molar-refractivity contribution in [3.8, 4) is 0 Å². The van der Waals surface area contributed by atoms with Gasteiger partial charge in [0.2, 0.25) is 5.91 Å². The molecule has 3 N–H and O–H groups in total. The molecule has 3 atom stereocenters. The monoisotopic (exact) mass is 387 g/mol. The van der Waals surface area contributed by atoms with Crippen LogP contribution in [0.1, 0.15) is 60.3 Å². The number of thioether (sulfide) groups is 1. The molecule has 6 nitrogen and oxygen atoms in total. The highest BCUT2D eigenvalue weighted by Gasteiger charge is 2.43. The summed E-state index contributed by atoms with van der Waals surface area (Å²) in [5.41, 5.74) is 0.364. The van der Waals surface area contributed by atoms with Gasteiger partial charge in [0.15, 0.2) is 0 Å². The topological polar surface area (TPSA) is 79.5 Å². The van der Waals surface area contributed by atoms with Crippen LogP contribution in [0.4, 0.5) is 4.79 Å². The second-order valence-corrected chi connectivity index (χ2v) is 9.08. The lowest BCUT2D eigenvalue weighted by Gasteiger charge is -2.17. The maximum atomic E-state index is 12.0. The van der Waals surface area contributed by atoms with Gasteiger partial charge >= 0.3 is 6.03 Å². The third-order valence-electron chi connectivity index (χ3n) is 4.33. The average molecular weight is 388 g/mol. The van der Waals surface area contributed by atoms with Crippen LogP contribution in [0.5, 0.6) is 0 Å². The van der Waals surface area contributed by atoms with Crippen LogP contribution in [0.2, 0.25) is 0 Å². The van der Waals surface area contributed by atoms with Gasteiger partial charge in [-0.15, -0.1) is 0 Å². The predicted octanol–water partition coefficient (Wildman–Crippen LogP) is 2.92. The number of hydrogen-bond acceptors (Lipinski definition) is 4. The molecule has 0 aromatic rings. The average Bonchev–Trinajstić information content (AvgIpc) is 3.11. The number of urea groups is 1. The van der Waals surface area contributed by atoms with Crippen molar-refractivity contribution in [1.82, 2.24) is 16.0 Å². The molecule has 26 heavy (non-hydrogen) atoms. The fraction of sp³-hybridized carbons (Fsp3) is 0.895. The summed E-state index contributed by atoms with van der Waals surface area (Å²) in [6.45, 7) is 12.8. The third kappa shape index (κ3) is 8.62. The van der Waals surface area contributed by atoms with E-state index < -0.39 is 0 Å². The molecule has 2 rings (SSSR count). The fourth-order valence-corrected chi connectivity index (χ4v) is 4.51. The fourth-order valence-electron chi connectivity index (χ4n) is 3.03. The maximum absolute atomic E-state index is 12.0. The van der Waals surface area contributed by atoms with E-state index in [4.69, 9.17) is 4.74 Å². The van der Waals surface area contributed by atoms with Gasteiger partial charge in [-0.2, -0.15) is 11.8 Å². The largest absolute Gasteiger partial charge is 0.381 e. The highest BCUT2D eigenvalue weighted by atomic mass is 32.2. The summed E-state index contributed by atoms with van der Waals surface area (Å²) in [5.74, 6) is 0.936. The van der Waals surface area contributed by atoms with E-state index in [-0.39, 0.29) is 29.3 Å². The summed E-state index contributed by atoms with van der Waals surface area (Å²) in [7, 11) is 0. The highest BCUT2D eigenvalue weighted by Crippen LogP contribution is 2.31. The summed E-state index contributed by atoms with van der Waals surface area (Å²) in [6.07, 6.45) is 3.54. The Kier molecular flexibility index (Phi) is 10.4. The molecule has 3 amide bonds. The van der Waals surface area contributed by atoms with Gasteiger partial charge in [-0.25, -0.2) is 4.79 Å². The van der Waals surface area contributed by atoms with E-state index >= 15 is 0 Å². The standard InChI is InChI=1S/C17H31N3O3S.C2H6/c1-17(2,3)6-4-8-23-9-5-7-18-14(21)10-13-15-12(11-24-13)19-16(22)20-15;1-2/h12-13,15H,4-11H2,1-3H3,(H,18,21)(H2,19,20,22);1-2H3/t12-,13-,15-;/m0./s1. The van der Waals surface area contributed by atoms with Gasteiger partial charge in [-0.3, -0.25) is 4.79 Å². The second-order valence-electron chi connectivity index (χ2n) is 7.81. The molecule has 2 heterocycles. The molecule has 0 aromatic heterocycles. The van der Waals surface area contributed by atoms with E-state index in [1.54, 1.807) is 11.8 Å². The number of hydrogen-bond donors (Lipinski definition) is 3. The van der Waals surface area contributed by atoms with Gasteiger partial charge in [0.25, 0.3) is 0 Å². The van der Waals surface area contributed by atoms with Crippen molar-refractivity contribution in [3.05, 3.63) is 0 Å². The molecule has 2 aliphatic rings. The molecule has 0 bridgehead atoms. The number of rotatable bonds is 9. The predicted molar refractivity (Wildman–Crippen MR) is 109 cm³/mol. The number of nitrogens with one attached hydrogen (secondary N) is 3. The molecule has 152 valence electrons. The minimum atomic E-state index is -0.112. The molecule has 2 saturated heterocycles. The summed E-state index contributed by atoms with van der Waals surface area (Å²) in [4.78, 5) is 23.3. The number of carbonyl (C=O) groups excluding carboxylic acids is 2. The van der Waals surface area contributed by atoms with E-state index in [1.165, 1.54) is 0 Å². The molecule has 2 fully saturated rings. The van der Waals surface area contributed by atoms with Crippen LogP contribution in [0.3, 0.4) is 0 Å². The minimum Gasteiger partial charge on any atom is -0.381 e. The van der Waals surface area contributed by atoms with E-state index in [1.807, 2.05) is 13.8 Å². The zero-order valence-corrected chi connectivity index (χ0v) is 17.8. The Morgan fingerprint density at radius 2 is 1.92 bits per heavy atom. The van der Waals surface area contributed by atoms with Crippen molar-refractivity contribution < 1.29 is 14.3 Å². The van der Waals surface area contributed by atoms with Crippen LogP contribution in [-0.4, -0.2) is 54.8 Å². The van der Waals surface area contributed by atoms with Crippen LogP contribution >= 0.6 is 11.8 Å². The maximum Gasteiger partial charge on any atom is 0.315 e. The molecule has 0 aliphatic carbocycles. The molecule has 0 spiro atoms. The molecule has 0 unspecified atom stereocenters. The van der Waals surface area contributed by atoms with Crippen molar-refractivity contribution >= 4 is 23.7 Å². The lowest BCUT2D eigenvalue weighted by molar-refractivity contribution is -0.121. The second kappa shape index (κ2) is 11.7. The molecular formula is C19H37N3O3S. The highest BCUT2D eigenvalue weighted by molar-refractivity contribution is 8.00. The SMILES string of the molecule is CC.CC(C)(C)CCCOCCCNC(=O)C[C@@H]1SC[C@@H]2NC(=O)N[C@@H]21. The van der Waals surface area contributed by atoms with E-state index in [9.17, 15) is 9.59 Å². The Hall–Kier alpha value is -0.950. The summed E-state index contributed by atoms with van der Waals surface area (Å²) < 4.78 is 5.60. The Labute approximate surface area is 163 Å². The number of ether oxygens (including phenoxy) is 1. The summed E-state index contributed by atoms with van der Waals surface area (Å²) >= 11 is 1.76. The lowest BCUT2D eigenvalue weighted by atomic mass is 9.91. The summed E-state index contributed by atoms with van der Waals surface area (Å²) in [5, 5.41) is 8.91. The summed E-state index contributed by atoms with van der Waals surface area (Å²) in [6, 6.07) is 0.139. The number of carbonyl (C=O) groups is 2. The smallest absolute Gasteiger partial charge is 0.315 e. The van der Waals surface area contributed by atoms with Gasteiger partial charge in [0.1, 0.15) is 0 Å². The molecule has 0 radical (unpaired) electrons. The van der Waals surface area contributed by atoms with Crippen LogP contribution in [0, 0.1) is 5.41 Å². The molecule has 0 aromatic carbocycles. The zero-order valence-electron chi connectivity index (χ0n) is 17.0. The Morgan fingerprint density at radius 3 is 2.62 bits per heavy atom. The third-order valence-corrected chi connectivity index (χ3v) is 5.77. The van der Waals surface area contributed by atoms with Gasteiger partial charge in [0.05, 0.1) is 12.1 Å². The molecular weight excluding hydrogens is 350 g/mol. The van der Waals surface area contributed by atoms with Gasteiger partial charge < -0.3 is 20.7 Å². The Bertz CT molecular complexity index is 440. The quantitative estimate of drug-likeness (QED) is 0.420. The van der Waals surface area contributed by atoms with Crippen molar-refractivity contribution in [2.45, 2.75) is 77.6 Å². The minimum absolute atomic E-state index is 0.0574. The first kappa shape index (κ1) is 23.1. The van der Waals surface area contributed by atoms with Crippen molar-refractivity contribution in [2.24, 2.45) is 5.41 Å². The van der Waals surface area contributed by atoms with Crippen LogP contribution < -0.4 is 16.0 Å². The van der Waals surface area contributed by atoms with E-state index in [2.05, 4.69) is 36.7 Å². The normalized spacial score (nSPS) is 24.2. The molecule has 0 saturated carbocycles. The number of fused-ring (bicyclic) bond motifs is 1. The van der Waals surface area contributed by atoms with Crippen molar-refractivity contribution in [2.75, 3.05) is 25.5 Å². The van der Waals surface area contributed by atoms with Gasteiger partial charge in [0, 0.05) is 37.2 Å². The van der Waals surface area contributed by atoms with Gasteiger partial charge in [-0.1, -0.05) is 34.6 Å². The molecule has 2 aliphatic heterocycles. The first-order valence-electron chi connectivity index (χ1n) is 9.88. The number of amides is 3. The van der Waals surface area contributed by atoms with E-state index in [0.29, 0.717) is 25.0 Å². The lowest BCUT2D eigenvalue weighted by Crippen LogP contribution is -2.39. The Balaban J connectivity index is 0.00000163. The Morgan fingerprint density at radius 1 is 1.23 bits per heavy atom. The first-order valence-corrected chi connectivity index (χ1v) is 10.9. The van der Waals surface area contributed by atoms with Crippen LogP contribution in [0.25, 0.3) is 0 Å². The van der Waals surface area contributed by atoms with Crippen molar-refractivity contribution in [3.63, 3.8) is 0 Å². The zero-order chi connectivity index (χ0) is 19.6. The van der Waals surface area contributed by atoms with Crippen LogP contribution in [-0.2, 0) is 9.53 Å².